The summed E-state index contributed by atoms with van der Waals surface area (Å²) < 4.78 is 2.57. The van der Waals surface area contributed by atoms with Gasteiger partial charge in [0.1, 0.15) is 5.69 Å². The summed E-state index contributed by atoms with van der Waals surface area (Å²) in [6, 6.07) is 6.80. The first-order valence-electron chi connectivity index (χ1n) is 6.34. The van der Waals surface area contributed by atoms with Gasteiger partial charge in [-0.05, 0) is 34.1 Å². The minimum atomic E-state index is -0.239. The molecule has 0 aliphatic rings. The molecule has 0 atom stereocenters. The Morgan fingerprint density at radius 1 is 1.36 bits per heavy atom. The van der Waals surface area contributed by atoms with Gasteiger partial charge in [0, 0.05) is 25.1 Å². The van der Waals surface area contributed by atoms with Crippen LogP contribution < -0.4 is 4.90 Å². The Hall–Kier alpha value is -2.72. The summed E-state index contributed by atoms with van der Waals surface area (Å²) in [7, 11) is 1.68. The van der Waals surface area contributed by atoms with Crippen LogP contribution in [-0.2, 0) is 0 Å². The molecule has 6 nitrogen and oxygen atoms in total. The maximum absolute atomic E-state index is 12.5. The van der Waals surface area contributed by atoms with E-state index in [1.807, 2.05) is 6.07 Å². The predicted molar refractivity (Wildman–Crippen MR) is 86.1 cm³/mol. The molecule has 0 N–H and O–H groups in total. The maximum atomic E-state index is 12.5. The highest BCUT2D eigenvalue weighted by atomic mass is 79.9. The Balaban J connectivity index is 1.93. The van der Waals surface area contributed by atoms with E-state index in [2.05, 4.69) is 30.9 Å². The third-order valence-corrected chi connectivity index (χ3v) is 3.86. The Morgan fingerprint density at radius 3 is 2.86 bits per heavy atom. The summed E-state index contributed by atoms with van der Waals surface area (Å²) in [5.41, 5.74) is 2.30. The van der Waals surface area contributed by atoms with Crippen molar-refractivity contribution in [1.29, 1.82) is 0 Å². The number of halogens is 1. The molecule has 0 aliphatic carbocycles. The first-order valence-corrected chi connectivity index (χ1v) is 7.14. The molecule has 1 amide bonds. The van der Waals surface area contributed by atoms with Gasteiger partial charge < -0.3 is 4.90 Å². The Labute approximate surface area is 135 Å². The van der Waals surface area contributed by atoms with E-state index < -0.39 is 0 Å². The van der Waals surface area contributed by atoms with E-state index in [0.717, 1.165) is 15.7 Å². The van der Waals surface area contributed by atoms with Crippen LogP contribution in [0.2, 0.25) is 0 Å². The fourth-order valence-corrected chi connectivity index (χ4v) is 2.40. The van der Waals surface area contributed by atoms with Crippen molar-refractivity contribution < 1.29 is 4.79 Å². The highest BCUT2D eigenvalue weighted by Crippen LogP contribution is 2.23. The number of carbonyl (C=O) groups excluding carboxylic acids is 1. The fourth-order valence-electron chi connectivity index (χ4n) is 2.02. The molecule has 0 aliphatic heterocycles. The van der Waals surface area contributed by atoms with E-state index in [1.54, 1.807) is 42.2 Å². The molecule has 0 unspecified atom stereocenters. The average Bonchev–Trinajstić information content (AvgIpc) is 2.94. The molecule has 0 spiro atoms. The standard InChI is InChI=1S/C15H10BrN5O/c1-17-10-3-4-13(18-8-10)15(22)20(2)11-5-6-21-14(7-11)12(16)9-19-21/h3-9H,2H3. The Bertz CT molecular complexity index is 894. The van der Waals surface area contributed by atoms with Crippen molar-refractivity contribution in [2.75, 3.05) is 11.9 Å². The van der Waals surface area contributed by atoms with Crippen LogP contribution in [0.4, 0.5) is 11.4 Å². The summed E-state index contributed by atoms with van der Waals surface area (Å²) in [6.07, 6.45) is 4.88. The van der Waals surface area contributed by atoms with Crippen molar-refractivity contribution in [3.63, 3.8) is 0 Å². The first kappa shape index (κ1) is 14.2. The van der Waals surface area contributed by atoms with Gasteiger partial charge >= 0.3 is 0 Å². The van der Waals surface area contributed by atoms with E-state index in [1.165, 1.54) is 11.1 Å². The normalized spacial score (nSPS) is 10.4. The van der Waals surface area contributed by atoms with E-state index >= 15 is 0 Å². The van der Waals surface area contributed by atoms with E-state index in [4.69, 9.17) is 6.57 Å². The van der Waals surface area contributed by atoms with Gasteiger partial charge in [-0.1, -0.05) is 6.07 Å². The number of hydrogen-bond acceptors (Lipinski definition) is 3. The zero-order valence-corrected chi connectivity index (χ0v) is 13.1. The van der Waals surface area contributed by atoms with Crippen molar-refractivity contribution >= 4 is 38.7 Å². The number of amides is 1. The van der Waals surface area contributed by atoms with Gasteiger partial charge in [0.15, 0.2) is 0 Å². The molecule has 0 saturated carbocycles. The van der Waals surface area contributed by atoms with Crippen LogP contribution in [0.5, 0.6) is 0 Å². The second-order valence-corrected chi connectivity index (χ2v) is 5.44. The summed E-state index contributed by atoms with van der Waals surface area (Å²) in [6.45, 7) is 6.90. The third kappa shape index (κ3) is 2.44. The lowest BCUT2D eigenvalue weighted by Gasteiger charge is -2.17. The second-order valence-electron chi connectivity index (χ2n) is 4.58. The summed E-state index contributed by atoms with van der Waals surface area (Å²) in [5, 5.41) is 4.17. The first-order chi connectivity index (χ1) is 10.6. The monoisotopic (exact) mass is 355 g/mol. The SMILES string of the molecule is [C-]#[N+]c1ccc(C(=O)N(C)c2ccn3ncc(Br)c3c2)nc1. The summed E-state index contributed by atoms with van der Waals surface area (Å²) >= 11 is 3.42. The van der Waals surface area contributed by atoms with Gasteiger partial charge in [0.25, 0.3) is 5.91 Å². The van der Waals surface area contributed by atoms with E-state index in [0.29, 0.717) is 11.4 Å². The molecule has 0 saturated heterocycles. The molecular weight excluding hydrogens is 346 g/mol. The number of pyridine rings is 2. The van der Waals surface area contributed by atoms with Crippen LogP contribution in [0, 0.1) is 6.57 Å². The van der Waals surface area contributed by atoms with E-state index in [-0.39, 0.29) is 5.91 Å². The third-order valence-electron chi connectivity index (χ3n) is 3.25. The zero-order chi connectivity index (χ0) is 15.7. The highest BCUT2D eigenvalue weighted by molar-refractivity contribution is 9.10. The van der Waals surface area contributed by atoms with Crippen molar-refractivity contribution in [1.82, 2.24) is 14.6 Å². The highest BCUT2D eigenvalue weighted by Gasteiger charge is 2.15. The molecule has 0 bridgehead atoms. The minimum absolute atomic E-state index is 0.239. The fraction of sp³-hybridized carbons (Fsp3) is 0.0667. The number of rotatable bonds is 2. The molecule has 22 heavy (non-hydrogen) atoms. The van der Waals surface area contributed by atoms with Crippen LogP contribution in [0.3, 0.4) is 0 Å². The lowest BCUT2D eigenvalue weighted by Crippen LogP contribution is -2.27. The van der Waals surface area contributed by atoms with Crippen LogP contribution in [-0.4, -0.2) is 27.6 Å². The molecule has 3 aromatic heterocycles. The van der Waals surface area contributed by atoms with Crippen molar-refractivity contribution in [3.05, 3.63) is 64.4 Å². The quantitative estimate of drug-likeness (QED) is 0.662. The second kappa shape index (κ2) is 5.58. The molecule has 7 heteroatoms. The van der Waals surface area contributed by atoms with Crippen LogP contribution in [0.15, 0.2) is 47.3 Å². The molecule has 0 radical (unpaired) electrons. The minimum Gasteiger partial charge on any atom is -0.310 e. The van der Waals surface area contributed by atoms with Crippen LogP contribution in [0.25, 0.3) is 10.4 Å². The molecule has 3 rings (SSSR count). The molecule has 3 aromatic rings. The van der Waals surface area contributed by atoms with Gasteiger partial charge in [0.05, 0.1) is 22.8 Å². The molecule has 108 valence electrons. The number of hydrogen-bond donors (Lipinski definition) is 0. The number of fused-ring (bicyclic) bond motifs is 1. The van der Waals surface area contributed by atoms with Gasteiger partial charge in [-0.25, -0.2) is 9.36 Å². The van der Waals surface area contributed by atoms with E-state index in [9.17, 15) is 4.79 Å². The molecule has 3 heterocycles. The summed E-state index contributed by atoms with van der Waals surface area (Å²) in [5.74, 6) is -0.239. The van der Waals surface area contributed by atoms with Gasteiger partial charge in [0.2, 0.25) is 5.69 Å². The lowest BCUT2D eigenvalue weighted by atomic mass is 10.2. The molecular formula is C15H10BrN5O. The van der Waals surface area contributed by atoms with Crippen LogP contribution in [0.1, 0.15) is 10.5 Å². The smallest absolute Gasteiger partial charge is 0.276 e. The molecule has 0 aromatic carbocycles. The lowest BCUT2D eigenvalue weighted by molar-refractivity contribution is 0.0988. The Morgan fingerprint density at radius 2 is 2.18 bits per heavy atom. The maximum Gasteiger partial charge on any atom is 0.276 e. The number of aromatic nitrogens is 3. The average molecular weight is 356 g/mol. The van der Waals surface area contributed by atoms with Crippen molar-refractivity contribution in [2.24, 2.45) is 0 Å². The number of carbonyl (C=O) groups is 1. The van der Waals surface area contributed by atoms with Crippen molar-refractivity contribution in [3.8, 4) is 0 Å². The largest absolute Gasteiger partial charge is 0.310 e. The zero-order valence-electron chi connectivity index (χ0n) is 11.6. The van der Waals surface area contributed by atoms with Gasteiger partial charge in [-0.2, -0.15) is 5.10 Å². The number of nitrogens with zero attached hydrogens (tertiary/aromatic N) is 5. The summed E-state index contributed by atoms with van der Waals surface area (Å²) in [4.78, 5) is 21.3. The van der Waals surface area contributed by atoms with Gasteiger partial charge in [-0.3, -0.25) is 9.78 Å². The van der Waals surface area contributed by atoms with Crippen molar-refractivity contribution in [2.45, 2.75) is 0 Å². The number of anilines is 1. The molecule has 0 fully saturated rings. The topological polar surface area (TPSA) is 54.9 Å². The van der Waals surface area contributed by atoms with Gasteiger partial charge in [-0.15, -0.1) is 0 Å². The van der Waals surface area contributed by atoms with Crippen LogP contribution >= 0.6 is 15.9 Å². The Kier molecular flexibility index (Phi) is 3.61. The predicted octanol–water partition coefficient (Wildman–Crippen LogP) is 3.32.